The maximum atomic E-state index is 14.0. The van der Waals surface area contributed by atoms with E-state index >= 15 is 0 Å². The SMILES string of the molecule is CCCN(Cc1c(F)cccc1Cl)C(=O)C(N)C1CCOCC1. The van der Waals surface area contributed by atoms with Gasteiger partial charge in [-0.3, -0.25) is 4.79 Å². The van der Waals surface area contributed by atoms with E-state index in [1.54, 1.807) is 17.0 Å². The van der Waals surface area contributed by atoms with E-state index < -0.39 is 11.9 Å². The van der Waals surface area contributed by atoms with Gasteiger partial charge >= 0.3 is 0 Å². The smallest absolute Gasteiger partial charge is 0.240 e. The second-order valence-corrected chi connectivity index (χ2v) is 6.34. The lowest BCUT2D eigenvalue weighted by atomic mass is 9.91. The van der Waals surface area contributed by atoms with Crippen molar-refractivity contribution in [3.63, 3.8) is 0 Å². The van der Waals surface area contributed by atoms with Gasteiger partial charge in [-0.05, 0) is 37.3 Å². The fraction of sp³-hybridized carbons (Fsp3) is 0.588. The van der Waals surface area contributed by atoms with Gasteiger partial charge in [0.05, 0.1) is 12.6 Å². The first kappa shape index (κ1) is 18.2. The van der Waals surface area contributed by atoms with E-state index in [1.165, 1.54) is 6.07 Å². The molecule has 1 heterocycles. The van der Waals surface area contributed by atoms with Crippen molar-refractivity contribution in [3.05, 3.63) is 34.6 Å². The summed E-state index contributed by atoms with van der Waals surface area (Å²) < 4.78 is 19.3. The first-order chi connectivity index (χ1) is 11.0. The fourth-order valence-corrected chi connectivity index (χ4v) is 3.12. The lowest BCUT2D eigenvalue weighted by molar-refractivity contribution is -0.135. The normalized spacial score (nSPS) is 17.0. The van der Waals surface area contributed by atoms with Gasteiger partial charge in [0.2, 0.25) is 5.91 Å². The fourth-order valence-electron chi connectivity index (χ4n) is 2.90. The Kier molecular flexibility index (Phi) is 6.81. The Bertz CT molecular complexity index is 515. The average Bonchev–Trinajstić information content (AvgIpc) is 2.57. The number of halogens is 2. The zero-order valence-electron chi connectivity index (χ0n) is 13.4. The molecule has 1 aliphatic rings. The number of nitrogens with zero attached hydrogens (tertiary/aromatic N) is 1. The molecule has 1 unspecified atom stereocenters. The van der Waals surface area contributed by atoms with E-state index in [9.17, 15) is 9.18 Å². The molecule has 1 saturated heterocycles. The summed E-state index contributed by atoms with van der Waals surface area (Å²) >= 11 is 6.08. The van der Waals surface area contributed by atoms with E-state index in [2.05, 4.69) is 0 Å². The third kappa shape index (κ3) is 4.66. The topological polar surface area (TPSA) is 55.6 Å². The number of carbonyl (C=O) groups excluding carboxylic acids is 1. The first-order valence-electron chi connectivity index (χ1n) is 8.09. The second-order valence-electron chi connectivity index (χ2n) is 5.94. The minimum absolute atomic E-state index is 0.117. The molecule has 0 aliphatic carbocycles. The predicted molar refractivity (Wildman–Crippen MR) is 88.6 cm³/mol. The Labute approximate surface area is 141 Å². The summed E-state index contributed by atoms with van der Waals surface area (Å²) in [4.78, 5) is 14.4. The number of benzene rings is 1. The number of carbonyl (C=O) groups is 1. The van der Waals surface area contributed by atoms with Crippen molar-refractivity contribution in [1.29, 1.82) is 0 Å². The van der Waals surface area contributed by atoms with Gasteiger partial charge in [0.1, 0.15) is 5.82 Å². The maximum Gasteiger partial charge on any atom is 0.240 e. The molecule has 1 aromatic carbocycles. The highest BCUT2D eigenvalue weighted by atomic mass is 35.5. The molecule has 0 spiro atoms. The second kappa shape index (κ2) is 8.62. The van der Waals surface area contributed by atoms with Gasteiger partial charge in [0, 0.05) is 30.3 Å². The third-order valence-electron chi connectivity index (χ3n) is 4.27. The maximum absolute atomic E-state index is 14.0. The molecular weight excluding hydrogens is 319 g/mol. The van der Waals surface area contributed by atoms with Crippen LogP contribution in [0.2, 0.25) is 5.02 Å². The van der Waals surface area contributed by atoms with Gasteiger partial charge in [-0.15, -0.1) is 0 Å². The van der Waals surface area contributed by atoms with Crippen LogP contribution in [0.15, 0.2) is 18.2 Å². The zero-order chi connectivity index (χ0) is 16.8. The van der Waals surface area contributed by atoms with Crippen LogP contribution >= 0.6 is 11.6 Å². The van der Waals surface area contributed by atoms with Gasteiger partial charge in [-0.1, -0.05) is 24.6 Å². The highest BCUT2D eigenvalue weighted by Crippen LogP contribution is 2.23. The molecule has 4 nitrogen and oxygen atoms in total. The van der Waals surface area contributed by atoms with Crippen molar-refractivity contribution >= 4 is 17.5 Å². The van der Waals surface area contributed by atoms with E-state index in [0.717, 1.165) is 19.3 Å². The van der Waals surface area contributed by atoms with Gasteiger partial charge in [0.25, 0.3) is 0 Å². The van der Waals surface area contributed by atoms with Crippen LogP contribution in [-0.2, 0) is 16.1 Å². The van der Waals surface area contributed by atoms with Crippen molar-refractivity contribution in [2.45, 2.75) is 38.8 Å². The molecule has 0 bridgehead atoms. The Morgan fingerprint density at radius 3 is 2.78 bits per heavy atom. The van der Waals surface area contributed by atoms with Crippen molar-refractivity contribution in [2.24, 2.45) is 11.7 Å². The van der Waals surface area contributed by atoms with Crippen LogP contribution in [0.3, 0.4) is 0 Å². The van der Waals surface area contributed by atoms with E-state index in [1.807, 2.05) is 6.92 Å². The molecule has 23 heavy (non-hydrogen) atoms. The van der Waals surface area contributed by atoms with E-state index in [4.69, 9.17) is 22.1 Å². The summed E-state index contributed by atoms with van der Waals surface area (Å²) in [5.41, 5.74) is 6.52. The monoisotopic (exact) mass is 342 g/mol. The first-order valence-corrected chi connectivity index (χ1v) is 8.47. The molecule has 1 fully saturated rings. The summed E-state index contributed by atoms with van der Waals surface area (Å²) in [7, 11) is 0. The minimum Gasteiger partial charge on any atom is -0.381 e. The molecule has 1 aromatic rings. The zero-order valence-corrected chi connectivity index (χ0v) is 14.2. The minimum atomic E-state index is -0.573. The number of nitrogens with two attached hydrogens (primary N) is 1. The molecule has 0 saturated carbocycles. The van der Waals surface area contributed by atoms with Gasteiger partial charge in [-0.2, -0.15) is 0 Å². The van der Waals surface area contributed by atoms with Crippen LogP contribution in [0, 0.1) is 11.7 Å². The number of hydrogen-bond donors (Lipinski definition) is 1. The molecule has 6 heteroatoms. The quantitative estimate of drug-likeness (QED) is 0.864. The summed E-state index contributed by atoms with van der Waals surface area (Å²) in [6.07, 6.45) is 2.35. The summed E-state index contributed by atoms with van der Waals surface area (Å²) in [6.45, 7) is 3.93. The highest BCUT2D eigenvalue weighted by Gasteiger charge is 2.30. The van der Waals surface area contributed by atoms with E-state index in [0.29, 0.717) is 30.3 Å². The molecule has 2 N–H and O–H groups in total. The van der Waals surface area contributed by atoms with Gasteiger partial charge in [0.15, 0.2) is 0 Å². The Balaban J connectivity index is 2.11. The molecule has 0 aromatic heterocycles. The Morgan fingerprint density at radius 2 is 2.17 bits per heavy atom. The van der Waals surface area contributed by atoms with E-state index in [-0.39, 0.29) is 18.4 Å². The number of rotatable bonds is 6. The number of amides is 1. The molecule has 128 valence electrons. The predicted octanol–water partition coefficient (Wildman–Crippen LogP) is 2.97. The van der Waals surface area contributed by atoms with Gasteiger partial charge in [-0.25, -0.2) is 4.39 Å². The largest absolute Gasteiger partial charge is 0.381 e. The average molecular weight is 343 g/mol. The summed E-state index contributed by atoms with van der Waals surface area (Å²) in [6, 6.07) is 3.97. The van der Waals surface area contributed by atoms with Crippen LogP contribution in [0.25, 0.3) is 0 Å². The molecular formula is C17H24ClFN2O2. The Hall–Kier alpha value is -1.17. The van der Waals surface area contributed by atoms with Crippen LogP contribution < -0.4 is 5.73 Å². The van der Waals surface area contributed by atoms with Crippen molar-refractivity contribution in [2.75, 3.05) is 19.8 Å². The van der Waals surface area contributed by atoms with Gasteiger partial charge < -0.3 is 15.4 Å². The van der Waals surface area contributed by atoms with Crippen LogP contribution in [0.1, 0.15) is 31.7 Å². The lowest BCUT2D eigenvalue weighted by Gasteiger charge is -2.31. The standard InChI is InChI=1S/C17H24ClFN2O2/c1-2-8-21(11-13-14(18)4-3-5-15(13)19)17(22)16(20)12-6-9-23-10-7-12/h3-5,12,16H,2,6-11,20H2,1H3. The Morgan fingerprint density at radius 1 is 1.48 bits per heavy atom. The summed E-state index contributed by atoms with van der Waals surface area (Å²) in [5.74, 6) is -0.421. The molecule has 1 aliphatic heterocycles. The molecule has 2 rings (SSSR count). The molecule has 1 atom stereocenters. The number of hydrogen-bond acceptors (Lipinski definition) is 3. The molecule has 0 radical (unpaired) electrons. The van der Waals surface area contributed by atoms with Crippen molar-refractivity contribution < 1.29 is 13.9 Å². The van der Waals surface area contributed by atoms with Crippen LogP contribution in [0.4, 0.5) is 4.39 Å². The summed E-state index contributed by atoms with van der Waals surface area (Å²) in [5, 5.41) is 0.332. The lowest BCUT2D eigenvalue weighted by Crippen LogP contribution is -2.49. The van der Waals surface area contributed by atoms with Crippen LogP contribution in [-0.4, -0.2) is 36.6 Å². The highest BCUT2D eigenvalue weighted by molar-refractivity contribution is 6.31. The van der Waals surface area contributed by atoms with Crippen molar-refractivity contribution in [3.8, 4) is 0 Å². The third-order valence-corrected chi connectivity index (χ3v) is 4.63. The molecule has 1 amide bonds. The van der Waals surface area contributed by atoms with Crippen molar-refractivity contribution in [1.82, 2.24) is 4.90 Å². The van der Waals surface area contributed by atoms with Crippen LogP contribution in [0.5, 0.6) is 0 Å². The number of ether oxygens (including phenoxy) is 1.